The van der Waals surface area contributed by atoms with Crippen molar-refractivity contribution < 1.29 is 0 Å². The molecular formula is C26H31ClN6O. The third kappa shape index (κ3) is 4.10. The second-order valence-electron chi connectivity index (χ2n) is 10.0. The van der Waals surface area contributed by atoms with E-state index in [-0.39, 0.29) is 29.9 Å². The number of piperidine rings is 1. The number of nitriles is 1. The van der Waals surface area contributed by atoms with E-state index in [4.69, 9.17) is 5.10 Å². The molecule has 0 radical (unpaired) electrons. The minimum atomic E-state index is -0.160. The highest BCUT2D eigenvalue weighted by Crippen LogP contribution is 2.38. The Hall–Kier alpha value is -2.82. The van der Waals surface area contributed by atoms with Crippen molar-refractivity contribution in [1.29, 1.82) is 5.26 Å². The first-order valence-corrected chi connectivity index (χ1v) is 12.3. The first kappa shape index (κ1) is 22.9. The van der Waals surface area contributed by atoms with Crippen molar-refractivity contribution in [2.75, 3.05) is 5.32 Å². The van der Waals surface area contributed by atoms with E-state index < -0.39 is 0 Å². The summed E-state index contributed by atoms with van der Waals surface area (Å²) in [6.07, 6.45) is 10.7. The summed E-state index contributed by atoms with van der Waals surface area (Å²) in [5.74, 6) is 1.10. The van der Waals surface area contributed by atoms with Gasteiger partial charge in [-0.3, -0.25) is 9.48 Å². The second-order valence-corrected chi connectivity index (χ2v) is 10.0. The van der Waals surface area contributed by atoms with Gasteiger partial charge in [-0.05, 0) is 68.2 Å². The summed E-state index contributed by atoms with van der Waals surface area (Å²) in [6, 6.07) is 14.3. The normalized spacial score (nSPS) is 28.3. The fourth-order valence-corrected chi connectivity index (χ4v) is 6.30. The molecule has 2 aromatic heterocycles. The van der Waals surface area contributed by atoms with Crippen LogP contribution in [0.25, 0.3) is 10.9 Å². The van der Waals surface area contributed by atoms with E-state index in [1.165, 1.54) is 31.2 Å². The Balaban J connectivity index is 0.00000241. The monoisotopic (exact) mass is 478 g/mol. The highest BCUT2D eigenvalue weighted by Gasteiger charge is 2.34. The van der Waals surface area contributed by atoms with Crippen molar-refractivity contribution >= 4 is 34.8 Å². The van der Waals surface area contributed by atoms with E-state index in [9.17, 15) is 10.1 Å². The van der Waals surface area contributed by atoms with Crippen LogP contribution in [-0.4, -0.2) is 26.8 Å². The number of nitrogens with zero attached hydrogens (tertiary/aromatic N) is 3. The van der Waals surface area contributed by atoms with Gasteiger partial charge in [0.1, 0.15) is 5.39 Å². The predicted molar refractivity (Wildman–Crippen MR) is 136 cm³/mol. The molecule has 7 nitrogen and oxygen atoms in total. The fraction of sp³-hybridized carbons (Fsp3) is 0.500. The minimum Gasteiger partial charge on any atom is -0.338 e. The summed E-state index contributed by atoms with van der Waals surface area (Å²) >= 11 is 0. The van der Waals surface area contributed by atoms with E-state index in [0.717, 1.165) is 36.9 Å². The molecule has 34 heavy (non-hydrogen) atoms. The molecule has 8 heteroatoms. The van der Waals surface area contributed by atoms with Crippen LogP contribution in [0.2, 0.25) is 0 Å². The summed E-state index contributed by atoms with van der Waals surface area (Å²) in [5.41, 5.74) is 2.94. The summed E-state index contributed by atoms with van der Waals surface area (Å²) in [5, 5.41) is 22.2. The Labute approximate surface area is 205 Å². The van der Waals surface area contributed by atoms with Gasteiger partial charge < -0.3 is 15.6 Å². The zero-order valence-corrected chi connectivity index (χ0v) is 20.0. The molecule has 0 unspecified atom stereocenters. The van der Waals surface area contributed by atoms with Crippen molar-refractivity contribution in [3.05, 3.63) is 52.4 Å². The number of halogens is 1. The second kappa shape index (κ2) is 9.44. The van der Waals surface area contributed by atoms with Crippen LogP contribution in [0.15, 0.2) is 41.3 Å². The number of anilines is 2. The molecule has 5 atom stereocenters. The van der Waals surface area contributed by atoms with Crippen LogP contribution < -0.4 is 16.2 Å². The number of aromatic nitrogens is 3. The zero-order chi connectivity index (χ0) is 22.4. The van der Waals surface area contributed by atoms with E-state index in [1.54, 1.807) is 6.20 Å². The van der Waals surface area contributed by atoms with Gasteiger partial charge in [0.2, 0.25) is 0 Å². The Morgan fingerprint density at radius 3 is 2.50 bits per heavy atom. The van der Waals surface area contributed by atoms with E-state index >= 15 is 0 Å². The van der Waals surface area contributed by atoms with Crippen molar-refractivity contribution in [1.82, 2.24) is 20.1 Å². The number of nitrogens with one attached hydrogen (secondary N) is 3. The summed E-state index contributed by atoms with van der Waals surface area (Å²) in [6.45, 7) is 0. The quantitative estimate of drug-likeness (QED) is 0.482. The molecule has 0 spiro atoms. The molecule has 6 rings (SSSR count). The highest BCUT2D eigenvalue weighted by molar-refractivity contribution is 5.91. The minimum absolute atomic E-state index is 0. The van der Waals surface area contributed by atoms with Gasteiger partial charge in [0.05, 0.1) is 23.5 Å². The van der Waals surface area contributed by atoms with Gasteiger partial charge in [-0.2, -0.15) is 10.4 Å². The molecule has 2 saturated heterocycles. The van der Waals surface area contributed by atoms with Crippen LogP contribution in [0.4, 0.5) is 11.5 Å². The number of hydrogen-bond acceptors (Lipinski definition) is 5. The van der Waals surface area contributed by atoms with Gasteiger partial charge in [0.25, 0.3) is 5.56 Å². The molecular weight excluding hydrogens is 448 g/mol. The smallest absolute Gasteiger partial charge is 0.261 e. The molecule has 3 aliphatic rings. The number of hydrogen-bond donors (Lipinski definition) is 3. The molecule has 3 N–H and O–H groups in total. The van der Waals surface area contributed by atoms with Crippen LogP contribution >= 0.6 is 12.4 Å². The van der Waals surface area contributed by atoms with Crippen molar-refractivity contribution in [2.45, 2.75) is 75.4 Å². The molecule has 3 fully saturated rings. The molecule has 4 heterocycles. The average Bonchev–Trinajstić information content (AvgIpc) is 3.39. The highest BCUT2D eigenvalue weighted by atomic mass is 35.5. The lowest BCUT2D eigenvalue weighted by molar-refractivity contribution is 0.277. The van der Waals surface area contributed by atoms with E-state index in [2.05, 4.69) is 46.0 Å². The first-order chi connectivity index (χ1) is 16.2. The Bertz CT molecular complexity index is 1250. The molecule has 1 aromatic carbocycles. The number of fused-ring (bicyclic) bond motifs is 3. The molecule has 0 amide bonds. The van der Waals surface area contributed by atoms with Crippen molar-refractivity contribution in [3.63, 3.8) is 0 Å². The first-order valence-electron chi connectivity index (χ1n) is 12.3. The number of aromatic amines is 1. The molecule has 2 bridgehead atoms. The SMILES string of the molecule is Cl.N#C[C@H]1CCCC[C@@H]1n1nc(Nc2ccc([C@H]3C[C@H]4CC[C@@H](C3)N4)cc2)c2c(=O)[nH]ccc21. The Kier molecular flexibility index (Phi) is 6.37. The van der Waals surface area contributed by atoms with Crippen molar-refractivity contribution in [2.24, 2.45) is 5.92 Å². The lowest BCUT2D eigenvalue weighted by Gasteiger charge is -2.29. The van der Waals surface area contributed by atoms with Crippen LogP contribution in [0.3, 0.4) is 0 Å². The maximum Gasteiger partial charge on any atom is 0.261 e. The Morgan fingerprint density at radius 1 is 1.03 bits per heavy atom. The summed E-state index contributed by atoms with van der Waals surface area (Å²) in [7, 11) is 0. The van der Waals surface area contributed by atoms with Gasteiger partial charge in [0, 0.05) is 24.0 Å². The summed E-state index contributed by atoms with van der Waals surface area (Å²) in [4.78, 5) is 15.5. The lowest BCUT2D eigenvalue weighted by atomic mass is 9.85. The molecule has 1 aliphatic carbocycles. The summed E-state index contributed by atoms with van der Waals surface area (Å²) < 4.78 is 1.92. The topological polar surface area (TPSA) is 98.5 Å². The number of H-pyrrole nitrogens is 1. The van der Waals surface area contributed by atoms with Gasteiger partial charge in [0.15, 0.2) is 5.82 Å². The van der Waals surface area contributed by atoms with Gasteiger partial charge in [-0.25, -0.2) is 0 Å². The van der Waals surface area contributed by atoms with Gasteiger partial charge in [-0.1, -0.05) is 25.0 Å². The molecule has 2 aliphatic heterocycles. The van der Waals surface area contributed by atoms with Crippen molar-refractivity contribution in [3.8, 4) is 6.07 Å². The molecule has 3 aromatic rings. The maximum absolute atomic E-state index is 12.7. The van der Waals surface area contributed by atoms with Crippen LogP contribution in [-0.2, 0) is 0 Å². The average molecular weight is 479 g/mol. The van der Waals surface area contributed by atoms with Crippen LogP contribution in [0, 0.1) is 17.2 Å². The van der Waals surface area contributed by atoms with Gasteiger partial charge in [-0.15, -0.1) is 12.4 Å². The third-order valence-electron chi connectivity index (χ3n) is 7.96. The van der Waals surface area contributed by atoms with E-state index in [1.807, 2.05) is 10.7 Å². The standard InChI is InChI=1S/C26H30N6O.ClH/c27-15-17-3-1-2-4-22(17)32-23-11-12-28-26(33)24(23)25(31-32)30-19-7-5-16(6-8-19)18-13-20-9-10-21(14-18)29-20;/h5-8,11-12,17-18,20-22,29H,1-4,9-10,13-14H2,(H,28,33)(H,30,31);1H/t17-,18-,20+,21-,22+;/m1./s1. The third-order valence-corrected chi connectivity index (χ3v) is 7.96. The van der Waals surface area contributed by atoms with Crippen LogP contribution in [0.5, 0.6) is 0 Å². The molecule has 178 valence electrons. The number of rotatable bonds is 4. The van der Waals surface area contributed by atoms with Gasteiger partial charge >= 0.3 is 0 Å². The number of benzene rings is 1. The predicted octanol–water partition coefficient (Wildman–Crippen LogP) is 5.14. The fourth-order valence-electron chi connectivity index (χ4n) is 6.30. The molecule has 1 saturated carbocycles. The van der Waals surface area contributed by atoms with Crippen LogP contribution in [0.1, 0.15) is 68.9 Å². The Morgan fingerprint density at radius 2 is 1.76 bits per heavy atom. The lowest BCUT2D eigenvalue weighted by Crippen LogP contribution is -2.37. The number of pyridine rings is 1. The largest absolute Gasteiger partial charge is 0.338 e. The maximum atomic E-state index is 12.7. The zero-order valence-electron chi connectivity index (χ0n) is 19.2. The van der Waals surface area contributed by atoms with E-state index in [0.29, 0.717) is 29.2 Å².